The van der Waals surface area contributed by atoms with Crippen molar-refractivity contribution in [3.05, 3.63) is 22.9 Å². The van der Waals surface area contributed by atoms with Crippen molar-refractivity contribution in [2.45, 2.75) is 39.0 Å². The maximum atomic E-state index is 7.72. The quantitative estimate of drug-likeness (QED) is 0.617. The number of anilines is 1. The number of fused-ring (bicyclic) bond motifs is 1. The molecule has 0 atom stereocenters. The van der Waals surface area contributed by atoms with E-state index in [0.717, 1.165) is 43.6 Å². The number of nitrogens with one attached hydrogen (secondary N) is 1. The highest BCUT2D eigenvalue weighted by molar-refractivity contribution is 5.99. The van der Waals surface area contributed by atoms with Crippen molar-refractivity contribution in [1.82, 2.24) is 4.98 Å². The van der Waals surface area contributed by atoms with E-state index in [1.165, 1.54) is 17.7 Å². The molecule has 1 heterocycles. The molecule has 4 nitrogen and oxygen atoms in total. The smallest absolute Gasteiger partial charge is 0.139 e. The molecule has 0 aromatic carbocycles. The molecule has 0 radical (unpaired) electrons. The molecule has 1 aromatic rings. The summed E-state index contributed by atoms with van der Waals surface area (Å²) in [6.45, 7) is 3.14. The summed E-state index contributed by atoms with van der Waals surface area (Å²) in [6.07, 6.45) is 5.59. The largest absolute Gasteiger partial charge is 0.384 e. The number of aromatic nitrogens is 1. The molecule has 0 unspecified atom stereocenters. The van der Waals surface area contributed by atoms with Crippen LogP contribution in [0.3, 0.4) is 0 Å². The van der Waals surface area contributed by atoms with Gasteiger partial charge in [-0.1, -0.05) is 13.3 Å². The Morgan fingerprint density at radius 2 is 2.28 bits per heavy atom. The van der Waals surface area contributed by atoms with Crippen LogP contribution in [0.1, 0.15) is 43.0 Å². The Bertz CT molecular complexity index is 453. The van der Waals surface area contributed by atoms with Gasteiger partial charge in [0.05, 0.1) is 5.56 Å². The number of nitrogens with zero attached hydrogens (tertiary/aromatic N) is 2. The lowest BCUT2D eigenvalue weighted by molar-refractivity contribution is 0.756. The van der Waals surface area contributed by atoms with E-state index in [9.17, 15) is 0 Å². The lowest BCUT2D eigenvalue weighted by atomic mass is 10.1. The molecule has 0 amide bonds. The Balaban J connectivity index is 2.35. The highest BCUT2D eigenvalue weighted by atomic mass is 15.2. The SMILES string of the molecule is CCCCN(C)c1nc2c(cc1C(=N)N)CCC2. The van der Waals surface area contributed by atoms with Gasteiger partial charge in [0.15, 0.2) is 0 Å². The van der Waals surface area contributed by atoms with E-state index in [2.05, 4.69) is 17.9 Å². The first kappa shape index (κ1) is 12.9. The number of aryl methyl sites for hydroxylation is 2. The van der Waals surface area contributed by atoms with E-state index >= 15 is 0 Å². The van der Waals surface area contributed by atoms with Gasteiger partial charge in [-0.3, -0.25) is 5.41 Å². The molecule has 1 aliphatic carbocycles. The van der Waals surface area contributed by atoms with Crippen molar-refractivity contribution >= 4 is 11.7 Å². The second-order valence-corrected chi connectivity index (χ2v) is 5.01. The Labute approximate surface area is 109 Å². The van der Waals surface area contributed by atoms with Crippen LogP contribution in [0.25, 0.3) is 0 Å². The molecular formula is C14H22N4. The van der Waals surface area contributed by atoms with Gasteiger partial charge in [-0.2, -0.15) is 0 Å². The van der Waals surface area contributed by atoms with Crippen molar-refractivity contribution < 1.29 is 0 Å². The molecule has 0 saturated heterocycles. The molecule has 4 heteroatoms. The summed E-state index contributed by atoms with van der Waals surface area (Å²) in [5.41, 5.74) is 8.94. The second kappa shape index (κ2) is 5.38. The third-order valence-corrected chi connectivity index (χ3v) is 3.53. The van der Waals surface area contributed by atoms with Crippen LogP contribution in [-0.4, -0.2) is 24.4 Å². The van der Waals surface area contributed by atoms with Gasteiger partial charge in [0.1, 0.15) is 11.7 Å². The lowest BCUT2D eigenvalue weighted by Crippen LogP contribution is -2.25. The first-order valence-corrected chi connectivity index (χ1v) is 6.71. The maximum Gasteiger partial charge on any atom is 0.139 e. The third kappa shape index (κ3) is 2.47. The molecule has 0 saturated carbocycles. The van der Waals surface area contributed by atoms with Crippen LogP contribution >= 0.6 is 0 Å². The molecule has 1 aliphatic rings. The molecule has 98 valence electrons. The predicted molar refractivity (Wildman–Crippen MR) is 75.5 cm³/mol. The van der Waals surface area contributed by atoms with Crippen molar-refractivity contribution in [2.75, 3.05) is 18.5 Å². The fraction of sp³-hybridized carbons (Fsp3) is 0.571. The molecule has 0 aliphatic heterocycles. The molecule has 0 spiro atoms. The Kier molecular flexibility index (Phi) is 3.84. The highest BCUT2D eigenvalue weighted by Crippen LogP contribution is 2.26. The van der Waals surface area contributed by atoms with Gasteiger partial charge < -0.3 is 10.6 Å². The van der Waals surface area contributed by atoms with Crippen molar-refractivity contribution in [3.63, 3.8) is 0 Å². The second-order valence-electron chi connectivity index (χ2n) is 5.01. The monoisotopic (exact) mass is 246 g/mol. The average molecular weight is 246 g/mol. The van der Waals surface area contributed by atoms with Crippen LogP contribution < -0.4 is 10.6 Å². The maximum absolute atomic E-state index is 7.72. The summed E-state index contributed by atoms with van der Waals surface area (Å²) in [6, 6.07) is 2.06. The van der Waals surface area contributed by atoms with Gasteiger partial charge in [-0.05, 0) is 37.3 Å². The molecule has 0 bridgehead atoms. The third-order valence-electron chi connectivity index (χ3n) is 3.53. The number of rotatable bonds is 5. The van der Waals surface area contributed by atoms with Crippen LogP contribution in [0, 0.1) is 5.41 Å². The molecule has 1 aromatic heterocycles. The molecule has 3 N–H and O–H groups in total. The van der Waals surface area contributed by atoms with Gasteiger partial charge in [-0.25, -0.2) is 4.98 Å². The summed E-state index contributed by atoms with van der Waals surface area (Å²) < 4.78 is 0. The summed E-state index contributed by atoms with van der Waals surface area (Å²) in [7, 11) is 2.03. The zero-order valence-electron chi connectivity index (χ0n) is 11.3. The van der Waals surface area contributed by atoms with Gasteiger partial charge in [-0.15, -0.1) is 0 Å². The minimum atomic E-state index is 0.121. The van der Waals surface area contributed by atoms with E-state index in [-0.39, 0.29) is 5.84 Å². The van der Waals surface area contributed by atoms with Crippen LogP contribution in [0.4, 0.5) is 5.82 Å². The van der Waals surface area contributed by atoms with Crippen molar-refractivity contribution in [3.8, 4) is 0 Å². The van der Waals surface area contributed by atoms with Crippen LogP contribution in [0.5, 0.6) is 0 Å². The minimum Gasteiger partial charge on any atom is -0.384 e. The fourth-order valence-corrected chi connectivity index (χ4v) is 2.45. The topological polar surface area (TPSA) is 66.0 Å². The number of hydrogen-bond acceptors (Lipinski definition) is 3. The molecule has 2 rings (SSSR count). The summed E-state index contributed by atoms with van der Waals surface area (Å²) in [4.78, 5) is 6.86. The number of nitrogen functional groups attached to an aromatic ring is 1. The number of amidine groups is 1. The molecular weight excluding hydrogens is 224 g/mol. The number of pyridine rings is 1. The first-order chi connectivity index (χ1) is 8.63. The van der Waals surface area contributed by atoms with Crippen molar-refractivity contribution in [2.24, 2.45) is 5.73 Å². The van der Waals surface area contributed by atoms with Crippen molar-refractivity contribution in [1.29, 1.82) is 5.41 Å². The summed E-state index contributed by atoms with van der Waals surface area (Å²) in [5.74, 6) is 0.993. The van der Waals surface area contributed by atoms with E-state index in [4.69, 9.17) is 16.1 Å². The zero-order chi connectivity index (χ0) is 13.1. The highest BCUT2D eigenvalue weighted by Gasteiger charge is 2.19. The number of hydrogen-bond donors (Lipinski definition) is 2. The Morgan fingerprint density at radius 3 is 2.94 bits per heavy atom. The molecule has 0 fully saturated rings. The Hall–Kier alpha value is -1.58. The van der Waals surface area contributed by atoms with Crippen LogP contribution in [0.2, 0.25) is 0 Å². The van der Waals surface area contributed by atoms with Gasteiger partial charge in [0.2, 0.25) is 0 Å². The Morgan fingerprint density at radius 1 is 1.50 bits per heavy atom. The van der Waals surface area contributed by atoms with E-state index < -0.39 is 0 Å². The number of unbranched alkanes of at least 4 members (excludes halogenated alkanes) is 1. The van der Waals surface area contributed by atoms with E-state index in [0.29, 0.717) is 0 Å². The van der Waals surface area contributed by atoms with Crippen LogP contribution in [-0.2, 0) is 12.8 Å². The lowest BCUT2D eigenvalue weighted by Gasteiger charge is -2.21. The number of nitrogens with two attached hydrogens (primary N) is 1. The predicted octanol–water partition coefficient (Wildman–Crippen LogP) is 2.09. The minimum absolute atomic E-state index is 0.121. The van der Waals surface area contributed by atoms with E-state index in [1.54, 1.807) is 0 Å². The van der Waals surface area contributed by atoms with Crippen LogP contribution in [0.15, 0.2) is 6.07 Å². The standard InChI is InChI=1S/C14H22N4/c1-3-4-8-18(2)14-11(13(15)16)9-10-6-5-7-12(10)17-14/h9H,3-8H2,1-2H3,(H3,15,16). The fourth-order valence-electron chi connectivity index (χ4n) is 2.45. The average Bonchev–Trinajstić information content (AvgIpc) is 2.81. The summed E-state index contributed by atoms with van der Waals surface area (Å²) in [5, 5.41) is 7.72. The normalized spacial score (nSPS) is 13.4. The van der Waals surface area contributed by atoms with E-state index in [1.807, 2.05) is 7.05 Å². The van der Waals surface area contributed by atoms with Gasteiger partial charge in [0, 0.05) is 19.3 Å². The summed E-state index contributed by atoms with van der Waals surface area (Å²) >= 11 is 0. The van der Waals surface area contributed by atoms with Gasteiger partial charge >= 0.3 is 0 Å². The van der Waals surface area contributed by atoms with Gasteiger partial charge in [0.25, 0.3) is 0 Å². The first-order valence-electron chi connectivity index (χ1n) is 6.71. The zero-order valence-corrected chi connectivity index (χ0v) is 11.3. The molecule has 18 heavy (non-hydrogen) atoms.